The minimum Gasteiger partial charge on any atom is -0.350 e. The average molecular weight is 426 g/mol. The lowest BCUT2D eigenvalue weighted by molar-refractivity contribution is 0.0692. The lowest BCUT2D eigenvalue weighted by Crippen LogP contribution is -2.38. The minimum absolute atomic E-state index is 0.116. The molecule has 158 valence electrons. The van der Waals surface area contributed by atoms with Crippen LogP contribution in [-0.4, -0.2) is 36.9 Å². The number of aromatic nitrogens is 1. The van der Waals surface area contributed by atoms with Gasteiger partial charge in [-0.2, -0.15) is 0 Å². The van der Waals surface area contributed by atoms with E-state index in [1.54, 1.807) is 30.4 Å². The Kier molecular flexibility index (Phi) is 5.71. The zero-order valence-corrected chi connectivity index (χ0v) is 17.7. The van der Waals surface area contributed by atoms with E-state index < -0.39 is 21.7 Å². The van der Waals surface area contributed by atoms with Gasteiger partial charge in [0.2, 0.25) is 0 Å². The van der Waals surface area contributed by atoms with Crippen LogP contribution in [0.4, 0.5) is 14.5 Å². The molecule has 2 heterocycles. The lowest BCUT2D eigenvalue weighted by Gasteiger charge is -2.30. The molecule has 1 aliphatic rings. The number of rotatable bonds is 4. The lowest BCUT2D eigenvalue weighted by atomic mass is 9.98. The van der Waals surface area contributed by atoms with Crippen LogP contribution in [0.5, 0.6) is 0 Å². The number of nitrogens with zero attached hydrogens (tertiary/aromatic N) is 2. The molecule has 1 N–H and O–H groups in total. The van der Waals surface area contributed by atoms with Crippen molar-refractivity contribution in [2.45, 2.75) is 38.5 Å². The van der Waals surface area contributed by atoms with Gasteiger partial charge >= 0.3 is 0 Å². The van der Waals surface area contributed by atoms with Gasteiger partial charge in [-0.1, -0.05) is 6.92 Å². The normalized spacial score (nSPS) is 15.6. The topological polar surface area (TPSA) is 71.4 Å². The van der Waals surface area contributed by atoms with E-state index in [2.05, 4.69) is 11.6 Å². The molecular weight excluding hydrogens is 400 g/mol. The van der Waals surface area contributed by atoms with Crippen molar-refractivity contribution in [2.75, 3.05) is 17.8 Å². The third kappa shape index (κ3) is 4.01. The molecule has 1 saturated heterocycles. The summed E-state index contributed by atoms with van der Waals surface area (Å²) in [5, 5.41) is 0. The zero-order chi connectivity index (χ0) is 21.5. The van der Waals surface area contributed by atoms with Crippen LogP contribution < -0.4 is 4.72 Å². The van der Waals surface area contributed by atoms with E-state index in [1.165, 1.54) is 0 Å². The second-order valence-electron chi connectivity index (χ2n) is 7.64. The van der Waals surface area contributed by atoms with E-state index in [0.717, 1.165) is 31.0 Å². The molecule has 0 unspecified atom stereocenters. The van der Waals surface area contributed by atoms with E-state index in [1.807, 2.05) is 0 Å². The first-order valence-electron chi connectivity index (χ1n) is 9.46. The van der Waals surface area contributed by atoms with Crippen LogP contribution >= 0.6 is 0 Å². The van der Waals surface area contributed by atoms with Gasteiger partial charge in [0.1, 0.15) is 4.90 Å². The predicted octanol–water partition coefficient (Wildman–Crippen LogP) is 3.59. The third-order valence-electron chi connectivity index (χ3n) is 5.65. The van der Waals surface area contributed by atoms with E-state index in [4.69, 9.17) is 0 Å². The molecule has 1 fully saturated rings. The number of anilines is 1. The van der Waals surface area contributed by atoms with Gasteiger partial charge in [-0.3, -0.25) is 9.52 Å². The molecule has 0 saturated carbocycles. The van der Waals surface area contributed by atoms with Crippen LogP contribution in [-0.2, 0) is 17.1 Å². The van der Waals surface area contributed by atoms with Crippen molar-refractivity contribution in [1.29, 1.82) is 0 Å². The summed E-state index contributed by atoms with van der Waals surface area (Å²) in [6.45, 7) is 6.58. The summed E-state index contributed by atoms with van der Waals surface area (Å²) < 4.78 is 56.9. The highest BCUT2D eigenvalue weighted by Gasteiger charge is 2.34. The second-order valence-corrected chi connectivity index (χ2v) is 9.26. The Morgan fingerprint density at radius 3 is 2.31 bits per heavy atom. The van der Waals surface area contributed by atoms with Gasteiger partial charge < -0.3 is 9.47 Å². The van der Waals surface area contributed by atoms with E-state index in [-0.39, 0.29) is 22.1 Å². The maximum absolute atomic E-state index is 13.5. The number of benzene rings is 1. The van der Waals surface area contributed by atoms with Crippen LogP contribution in [0, 0.1) is 31.4 Å². The zero-order valence-electron chi connectivity index (χ0n) is 16.9. The number of sulfonamides is 1. The molecule has 1 aromatic heterocycles. The molecule has 2 aromatic rings. The Bertz CT molecular complexity index is 1060. The van der Waals surface area contributed by atoms with Gasteiger partial charge in [0.25, 0.3) is 15.9 Å². The number of nitrogens with one attached hydrogen (secondary N) is 1. The van der Waals surface area contributed by atoms with Crippen molar-refractivity contribution in [3.8, 4) is 0 Å². The van der Waals surface area contributed by atoms with Crippen molar-refractivity contribution >= 4 is 21.6 Å². The molecule has 9 heteroatoms. The SMILES string of the molecule is Cc1c(C(=O)N2CCC(C)CC2)c(S(=O)(=O)Nc2ccc(F)c(F)c2)c(C)n1C. The quantitative estimate of drug-likeness (QED) is 0.814. The van der Waals surface area contributed by atoms with E-state index in [9.17, 15) is 22.0 Å². The molecular formula is C20H25F2N3O3S. The number of amides is 1. The summed E-state index contributed by atoms with van der Waals surface area (Å²) >= 11 is 0. The number of carbonyl (C=O) groups is 1. The number of likely N-dealkylation sites (tertiary alicyclic amines) is 1. The Morgan fingerprint density at radius 1 is 1.10 bits per heavy atom. The highest BCUT2D eigenvalue weighted by molar-refractivity contribution is 7.92. The number of piperidine rings is 1. The maximum Gasteiger partial charge on any atom is 0.264 e. The van der Waals surface area contributed by atoms with E-state index in [0.29, 0.717) is 30.4 Å². The minimum atomic E-state index is -4.21. The average Bonchev–Trinajstić information content (AvgIpc) is 2.89. The monoisotopic (exact) mass is 425 g/mol. The van der Waals surface area contributed by atoms with Crippen molar-refractivity contribution in [1.82, 2.24) is 9.47 Å². The summed E-state index contributed by atoms with van der Waals surface area (Å²) in [7, 11) is -2.52. The van der Waals surface area contributed by atoms with E-state index >= 15 is 0 Å². The Labute approximate surface area is 169 Å². The Balaban J connectivity index is 2.03. The van der Waals surface area contributed by atoms with Crippen molar-refractivity contribution in [3.63, 3.8) is 0 Å². The van der Waals surface area contributed by atoms with Crippen molar-refractivity contribution in [2.24, 2.45) is 13.0 Å². The summed E-state index contributed by atoms with van der Waals surface area (Å²) in [6, 6.07) is 2.75. The molecule has 3 rings (SSSR count). The first-order valence-corrected chi connectivity index (χ1v) is 10.9. The first kappa shape index (κ1) is 21.3. The smallest absolute Gasteiger partial charge is 0.264 e. The highest BCUT2D eigenvalue weighted by Crippen LogP contribution is 2.30. The maximum atomic E-state index is 13.5. The van der Waals surface area contributed by atoms with Gasteiger partial charge in [0, 0.05) is 37.6 Å². The van der Waals surface area contributed by atoms with Gasteiger partial charge in [0.15, 0.2) is 11.6 Å². The number of carbonyl (C=O) groups excluding carboxylic acids is 1. The molecule has 0 radical (unpaired) electrons. The molecule has 29 heavy (non-hydrogen) atoms. The fourth-order valence-electron chi connectivity index (χ4n) is 3.63. The molecule has 0 aliphatic carbocycles. The number of hydrogen-bond donors (Lipinski definition) is 1. The molecule has 1 aliphatic heterocycles. The molecule has 0 bridgehead atoms. The van der Waals surface area contributed by atoms with Crippen molar-refractivity contribution in [3.05, 3.63) is 46.8 Å². The predicted molar refractivity (Wildman–Crippen MR) is 106 cm³/mol. The Hall–Kier alpha value is -2.42. The molecule has 6 nitrogen and oxygen atoms in total. The van der Waals surface area contributed by atoms with Crippen LogP contribution in [0.15, 0.2) is 23.1 Å². The van der Waals surface area contributed by atoms with Crippen LogP contribution in [0.2, 0.25) is 0 Å². The van der Waals surface area contributed by atoms with Crippen LogP contribution in [0.25, 0.3) is 0 Å². The van der Waals surface area contributed by atoms with Gasteiger partial charge in [-0.15, -0.1) is 0 Å². The molecule has 0 spiro atoms. The summed E-state index contributed by atoms with van der Waals surface area (Å²) in [6.07, 6.45) is 1.73. The van der Waals surface area contributed by atoms with Gasteiger partial charge in [0.05, 0.1) is 11.3 Å². The number of hydrogen-bond acceptors (Lipinski definition) is 3. The van der Waals surface area contributed by atoms with Crippen LogP contribution in [0.1, 0.15) is 41.5 Å². The second kappa shape index (κ2) is 7.78. The molecule has 1 amide bonds. The van der Waals surface area contributed by atoms with Crippen molar-refractivity contribution < 1.29 is 22.0 Å². The summed E-state index contributed by atoms with van der Waals surface area (Å²) in [4.78, 5) is 14.8. The standard InChI is InChI=1S/C20H25F2N3O3S/c1-12-7-9-25(10-8-12)20(26)18-13(2)24(4)14(3)19(18)29(27,28)23-15-5-6-16(21)17(22)11-15/h5-6,11-12,23H,7-10H2,1-4H3. The Morgan fingerprint density at radius 2 is 1.72 bits per heavy atom. The molecule has 0 atom stereocenters. The fourth-order valence-corrected chi connectivity index (χ4v) is 5.20. The summed E-state index contributed by atoms with van der Waals surface area (Å²) in [5.74, 6) is -2.04. The largest absolute Gasteiger partial charge is 0.350 e. The van der Waals surface area contributed by atoms with Gasteiger partial charge in [-0.25, -0.2) is 17.2 Å². The summed E-state index contributed by atoms with van der Waals surface area (Å²) in [5.41, 5.74) is 0.938. The third-order valence-corrected chi connectivity index (χ3v) is 7.19. The van der Waals surface area contributed by atoms with Crippen LogP contribution in [0.3, 0.4) is 0 Å². The fraction of sp³-hybridized carbons (Fsp3) is 0.450. The highest BCUT2D eigenvalue weighted by atomic mass is 32.2. The van der Waals surface area contributed by atoms with Gasteiger partial charge in [-0.05, 0) is 44.7 Å². The first-order chi connectivity index (χ1) is 13.5. The molecule has 1 aromatic carbocycles. The number of halogens is 2.